The number of hydrogen-bond donors (Lipinski definition) is 0. The molecular formula is C24H28N2O8. The summed E-state index contributed by atoms with van der Waals surface area (Å²) >= 11 is 0. The van der Waals surface area contributed by atoms with Gasteiger partial charge in [0.15, 0.2) is 11.5 Å². The van der Waals surface area contributed by atoms with Crippen LogP contribution in [0.25, 0.3) is 5.57 Å². The van der Waals surface area contributed by atoms with Crippen molar-refractivity contribution in [3.63, 3.8) is 0 Å². The fraction of sp³-hybridized carbons (Fsp3) is 0.333. The fourth-order valence-corrected chi connectivity index (χ4v) is 3.48. The molecule has 0 saturated heterocycles. The molecule has 0 aliphatic carbocycles. The van der Waals surface area contributed by atoms with Crippen LogP contribution in [0.1, 0.15) is 36.2 Å². The van der Waals surface area contributed by atoms with Gasteiger partial charge in [-0.15, -0.1) is 0 Å². The van der Waals surface area contributed by atoms with Crippen molar-refractivity contribution in [2.75, 3.05) is 28.4 Å². The van der Waals surface area contributed by atoms with Crippen LogP contribution in [0.4, 0.5) is 5.69 Å². The lowest BCUT2D eigenvalue weighted by Gasteiger charge is -2.22. The molecule has 1 aliphatic heterocycles. The summed E-state index contributed by atoms with van der Waals surface area (Å²) in [5.41, 5.74) is 0.757. The third kappa shape index (κ3) is 5.28. The Morgan fingerprint density at radius 3 is 2.06 bits per heavy atom. The first-order valence-electron chi connectivity index (χ1n) is 10.5. The summed E-state index contributed by atoms with van der Waals surface area (Å²) < 4.78 is 20.3. The third-order valence-electron chi connectivity index (χ3n) is 5.14. The highest BCUT2D eigenvalue weighted by Gasteiger charge is 2.39. The van der Waals surface area contributed by atoms with Gasteiger partial charge in [0.05, 0.1) is 39.4 Å². The number of methoxy groups -OCH3 is 4. The largest absolute Gasteiger partial charge is 0.497 e. The van der Waals surface area contributed by atoms with Gasteiger partial charge in [0, 0.05) is 18.7 Å². The van der Waals surface area contributed by atoms with Crippen molar-refractivity contribution in [1.82, 2.24) is 4.90 Å². The minimum absolute atomic E-state index is 0.108. The van der Waals surface area contributed by atoms with Crippen LogP contribution in [0, 0.1) is 10.1 Å². The third-order valence-corrected chi connectivity index (χ3v) is 5.14. The second-order valence-electron chi connectivity index (χ2n) is 6.82. The molecule has 10 heteroatoms. The average molecular weight is 472 g/mol. The molecule has 0 bridgehead atoms. The highest BCUT2D eigenvalue weighted by Crippen LogP contribution is 2.38. The average Bonchev–Trinajstić information content (AvgIpc) is 3.33. The molecule has 3 rings (SSSR count). The molecule has 1 amide bonds. The number of carbonyl (C=O) groups is 2. The first-order chi connectivity index (χ1) is 16.3. The quantitative estimate of drug-likeness (QED) is 0.336. The van der Waals surface area contributed by atoms with Gasteiger partial charge in [0.25, 0.3) is 11.6 Å². The van der Waals surface area contributed by atoms with Crippen LogP contribution in [0.2, 0.25) is 0 Å². The van der Waals surface area contributed by atoms with E-state index in [-0.39, 0.29) is 23.5 Å². The van der Waals surface area contributed by atoms with Crippen LogP contribution in [-0.2, 0) is 9.53 Å². The standard InChI is InChI=1S/C22H22N2O8.C2H6/c1-29-15-7-5-13(6-8-15)14-9-18(22(26)32-4)23(12-14)21(25)16-10-19(30-2)20(31-3)11-17(16)24(27)28;1-2/h5-8,10-12,18H,9H2,1-4H3;1-2H3/t18-;/m0./s1. The van der Waals surface area contributed by atoms with Crippen molar-refractivity contribution in [1.29, 1.82) is 0 Å². The van der Waals surface area contributed by atoms with Gasteiger partial charge in [-0.3, -0.25) is 19.8 Å². The fourth-order valence-electron chi connectivity index (χ4n) is 3.48. The summed E-state index contributed by atoms with van der Waals surface area (Å²) in [5, 5.41) is 11.6. The molecule has 0 aromatic heterocycles. The zero-order valence-corrected chi connectivity index (χ0v) is 20.0. The molecule has 182 valence electrons. The second kappa shape index (κ2) is 11.7. The molecule has 0 fully saturated rings. The summed E-state index contributed by atoms with van der Waals surface area (Å²) in [5.74, 6) is -0.464. The number of carbonyl (C=O) groups excluding carboxylic acids is 2. The van der Waals surface area contributed by atoms with E-state index in [1.54, 1.807) is 31.4 Å². The van der Waals surface area contributed by atoms with Crippen LogP contribution >= 0.6 is 0 Å². The predicted molar refractivity (Wildman–Crippen MR) is 125 cm³/mol. The van der Waals surface area contributed by atoms with Crippen molar-refractivity contribution in [2.24, 2.45) is 0 Å². The van der Waals surface area contributed by atoms with Gasteiger partial charge in [0.1, 0.15) is 17.4 Å². The molecule has 0 N–H and O–H groups in total. The molecule has 2 aromatic carbocycles. The maximum Gasteiger partial charge on any atom is 0.329 e. The van der Waals surface area contributed by atoms with Crippen molar-refractivity contribution < 1.29 is 33.5 Å². The van der Waals surface area contributed by atoms with E-state index in [0.29, 0.717) is 11.3 Å². The molecule has 1 aliphatic rings. The maximum atomic E-state index is 13.4. The number of hydrogen-bond acceptors (Lipinski definition) is 8. The van der Waals surface area contributed by atoms with E-state index >= 15 is 0 Å². The zero-order valence-electron chi connectivity index (χ0n) is 20.0. The first-order valence-corrected chi connectivity index (χ1v) is 10.5. The topological polar surface area (TPSA) is 117 Å². The molecule has 0 spiro atoms. The Balaban J connectivity index is 0.00000199. The smallest absolute Gasteiger partial charge is 0.329 e. The Labute approximate surface area is 197 Å². The van der Waals surface area contributed by atoms with E-state index in [1.807, 2.05) is 13.8 Å². The van der Waals surface area contributed by atoms with Crippen molar-refractivity contribution in [2.45, 2.75) is 26.3 Å². The van der Waals surface area contributed by atoms with Crippen LogP contribution < -0.4 is 14.2 Å². The van der Waals surface area contributed by atoms with E-state index < -0.39 is 28.5 Å². The summed E-state index contributed by atoms with van der Waals surface area (Å²) in [6, 6.07) is 8.48. The Kier molecular flexibility index (Phi) is 9.00. The molecule has 0 unspecified atom stereocenters. The van der Waals surface area contributed by atoms with E-state index in [2.05, 4.69) is 0 Å². The number of nitrogens with zero attached hydrogens (tertiary/aromatic N) is 2. The van der Waals surface area contributed by atoms with Crippen LogP contribution in [0.5, 0.6) is 17.2 Å². The molecular weight excluding hydrogens is 444 g/mol. The lowest BCUT2D eigenvalue weighted by Crippen LogP contribution is -2.39. The lowest BCUT2D eigenvalue weighted by atomic mass is 10.0. The number of amides is 1. The minimum Gasteiger partial charge on any atom is -0.497 e. The maximum absolute atomic E-state index is 13.4. The molecule has 0 radical (unpaired) electrons. The molecule has 2 aromatic rings. The molecule has 34 heavy (non-hydrogen) atoms. The van der Waals surface area contributed by atoms with Gasteiger partial charge in [-0.1, -0.05) is 26.0 Å². The molecule has 0 saturated carbocycles. The Hall–Kier alpha value is -4.08. The van der Waals surface area contributed by atoms with Crippen LogP contribution in [0.15, 0.2) is 42.6 Å². The number of nitro benzene ring substituents is 1. The summed E-state index contributed by atoms with van der Waals surface area (Å²) in [6.45, 7) is 4.00. The summed E-state index contributed by atoms with van der Waals surface area (Å²) in [4.78, 5) is 37.9. The highest BCUT2D eigenvalue weighted by atomic mass is 16.6. The van der Waals surface area contributed by atoms with Crippen molar-refractivity contribution in [3.8, 4) is 17.2 Å². The van der Waals surface area contributed by atoms with E-state index in [1.165, 1.54) is 33.6 Å². The number of ether oxygens (including phenoxy) is 4. The van der Waals surface area contributed by atoms with Gasteiger partial charge in [-0.25, -0.2) is 4.79 Å². The van der Waals surface area contributed by atoms with Gasteiger partial charge >= 0.3 is 5.97 Å². The number of benzene rings is 2. The molecule has 1 atom stereocenters. The Bertz CT molecular complexity index is 1080. The van der Waals surface area contributed by atoms with Gasteiger partial charge in [0.2, 0.25) is 0 Å². The van der Waals surface area contributed by atoms with Gasteiger partial charge in [-0.05, 0) is 23.3 Å². The number of nitro groups is 1. The molecule has 10 nitrogen and oxygen atoms in total. The van der Waals surface area contributed by atoms with Gasteiger partial charge in [-0.2, -0.15) is 0 Å². The summed E-state index contributed by atoms with van der Waals surface area (Å²) in [7, 11) is 5.45. The van der Waals surface area contributed by atoms with Crippen molar-refractivity contribution >= 4 is 23.1 Å². The van der Waals surface area contributed by atoms with Gasteiger partial charge < -0.3 is 18.9 Å². The summed E-state index contributed by atoms with van der Waals surface area (Å²) in [6.07, 6.45) is 1.69. The normalized spacial score (nSPS) is 14.4. The van der Waals surface area contributed by atoms with Crippen LogP contribution in [-0.4, -0.2) is 56.2 Å². The van der Waals surface area contributed by atoms with E-state index in [0.717, 1.165) is 16.5 Å². The van der Waals surface area contributed by atoms with E-state index in [4.69, 9.17) is 18.9 Å². The van der Waals surface area contributed by atoms with E-state index in [9.17, 15) is 19.7 Å². The van der Waals surface area contributed by atoms with Crippen LogP contribution in [0.3, 0.4) is 0 Å². The monoisotopic (exact) mass is 472 g/mol. The SMILES string of the molecule is CC.COC(=O)[C@@H]1CC(c2ccc(OC)cc2)=CN1C(=O)c1cc(OC)c(OC)cc1[N+](=O)[O-]. The predicted octanol–water partition coefficient (Wildman–Crippen LogP) is 4.08. The first kappa shape index (κ1) is 26.2. The highest BCUT2D eigenvalue weighted by molar-refractivity contribution is 6.03. The lowest BCUT2D eigenvalue weighted by molar-refractivity contribution is -0.385. The Morgan fingerprint density at radius 2 is 1.56 bits per heavy atom. The Morgan fingerprint density at radius 1 is 0.971 bits per heavy atom. The molecule has 1 heterocycles. The number of esters is 1. The zero-order chi connectivity index (χ0) is 25.4. The number of rotatable bonds is 7. The minimum atomic E-state index is -0.975. The van der Waals surface area contributed by atoms with Crippen molar-refractivity contribution in [3.05, 3.63) is 63.8 Å². The second-order valence-corrected chi connectivity index (χ2v) is 6.82.